The first kappa shape index (κ1) is 17.3. The van der Waals surface area contributed by atoms with E-state index in [0.29, 0.717) is 34.3 Å². The topological polar surface area (TPSA) is 103 Å². The highest BCUT2D eigenvalue weighted by atomic mass is 16.5. The molecule has 138 valence electrons. The molecular formula is C20H15N5O3. The molecule has 0 spiro atoms. The van der Waals surface area contributed by atoms with Crippen LogP contribution in [0.25, 0.3) is 11.5 Å². The van der Waals surface area contributed by atoms with Crippen molar-refractivity contribution < 1.29 is 14.1 Å². The SMILES string of the molecule is Cc1noc(-c2ccccc2C(=O)Nc2ccc(Oc3ncccn3)cc2)n1. The molecule has 0 saturated carbocycles. The molecule has 0 aliphatic heterocycles. The second-order valence-corrected chi connectivity index (χ2v) is 5.80. The number of ether oxygens (including phenoxy) is 1. The largest absolute Gasteiger partial charge is 0.424 e. The van der Waals surface area contributed by atoms with Gasteiger partial charge in [0.2, 0.25) is 0 Å². The van der Waals surface area contributed by atoms with Crippen LogP contribution in [0.1, 0.15) is 16.2 Å². The molecule has 0 fully saturated rings. The van der Waals surface area contributed by atoms with Gasteiger partial charge in [0, 0.05) is 18.1 Å². The van der Waals surface area contributed by atoms with Gasteiger partial charge in [-0.2, -0.15) is 4.98 Å². The Morgan fingerprint density at radius 2 is 1.75 bits per heavy atom. The first-order chi connectivity index (χ1) is 13.7. The van der Waals surface area contributed by atoms with Crippen molar-refractivity contribution in [2.45, 2.75) is 6.92 Å². The quantitative estimate of drug-likeness (QED) is 0.566. The van der Waals surface area contributed by atoms with Gasteiger partial charge in [-0.05, 0) is 49.4 Å². The van der Waals surface area contributed by atoms with Crippen molar-refractivity contribution in [2.24, 2.45) is 0 Å². The number of carbonyl (C=O) groups excluding carboxylic acids is 1. The van der Waals surface area contributed by atoms with Gasteiger partial charge < -0.3 is 14.6 Å². The van der Waals surface area contributed by atoms with E-state index in [9.17, 15) is 4.79 Å². The Hall–Kier alpha value is -4.07. The van der Waals surface area contributed by atoms with E-state index < -0.39 is 0 Å². The number of anilines is 1. The summed E-state index contributed by atoms with van der Waals surface area (Å²) in [7, 11) is 0. The zero-order valence-corrected chi connectivity index (χ0v) is 14.9. The van der Waals surface area contributed by atoms with Crippen LogP contribution in [0.3, 0.4) is 0 Å². The minimum atomic E-state index is -0.286. The monoisotopic (exact) mass is 373 g/mol. The van der Waals surface area contributed by atoms with Crippen molar-refractivity contribution >= 4 is 11.6 Å². The van der Waals surface area contributed by atoms with Crippen LogP contribution in [0.2, 0.25) is 0 Å². The number of aromatic nitrogens is 4. The molecule has 1 amide bonds. The lowest BCUT2D eigenvalue weighted by atomic mass is 10.1. The predicted octanol–water partition coefficient (Wildman–Crippen LogP) is 3.88. The number of nitrogens with zero attached hydrogens (tertiary/aromatic N) is 4. The second-order valence-electron chi connectivity index (χ2n) is 5.80. The van der Waals surface area contributed by atoms with Crippen molar-refractivity contribution in [1.29, 1.82) is 0 Å². The van der Waals surface area contributed by atoms with Crippen LogP contribution in [-0.4, -0.2) is 26.0 Å². The van der Waals surface area contributed by atoms with Crippen LogP contribution in [0.5, 0.6) is 11.8 Å². The van der Waals surface area contributed by atoms with Gasteiger partial charge in [-0.15, -0.1) is 0 Å². The molecule has 2 heterocycles. The third kappa shape index (κ3) is 3.85. The number of aryl methyl sites for hydroxylation is 1. The Labute approximate surface area is 160 Å². The van der Waals surface area contributed by atoms with E-state index in [1.54, 1.807) is 67.8 Å². The normalized spacial score (nSPS) is 10.5. The van der Waals surface area contributed by atoms with Crippen molar-refractivity contribution in [3.63, 3.8) is 0 Å². The third-order valence-electron chi connectivity index (χ3n) is 3.79. The van der Waals surface area contributed by atoms with Crippen LogP contribution >= 0.6 is 0 Å². The molecule has 0 unspecified atom stereocenters. The molecule has 4 rings (SSSR count). The average Bonchev–Trinajstić information content (AvgIpc) is 3.16. The molecule has 1 N–H and O–H groups in total. The maximum Gasteiger partial charge on any atom is 0.321 e. The van der Waals surface area contributed by atoms with Crippen LogP contribution in [0.4, 0.5) is 5.69 Å². The van der Waals surface area contributed by atoms with Gasteiger partial charge in [0.1, 0.15) is 5.75 Å². The number of rotatable bonds is 5. The Balaban J connectivity index is 1.50. The number of benzene rings is 2. The first-order valence-electron chi connectivity index (χ1n) is 8.45. The highest BCUT2D eigenvalue weighted by molar-refractivity contribution is 6.08. The fourth-order valence-corrected chi connectivity index (χ4v) is 2.52. The van der Waals surface area contributed by atoms with E-state index in [4.69, 9.17) is 9.26 Å². The minimum absolute atomic E-state index is 0.253. The molecule has 4 aromatic rings. The standard InChI is InChI=1S/C20H15N5O3/c1-13-23-19(28-25-13)17-6-3-2-5-16(17)18(26)24-14-7-9-15(10-8-14)27-20-21-11-4-12-22-20/h2-12H,1H3,(H,24,26). The molecule has 2 aromatic carbocycles. The zero-order valence-electron chi connectivity index (χ0n) is 14.9. The second kappa shape index (κ2) is 7.67. The Bertz CT molecular complexity index is 1090. The highest BCUT2D eigenvalue weighted by Crippen LogP contribution is 2.24. The lowest BCUT2D eigenvalue weighted by Crippen LogP contribution is -2.13. The van der Waals surface area contributed by atoms with Crippen LogP contribution in [0.15, 0.2) is 71.5 Å². The van der Waals surface area contributed by atoms with Crippen molar-refractivity contribution in [2.75, 3.05) is 5.32 Å². The summed E-state index contributed by atoms with van der Waals surface area (Å²) < 4.78 is 10.7. The maximum absolute atomic E-state index is 12.7. The van der Waals surface area contributed by atoms with Crippen LogP contribution < -0.4 is 10.1 Å². The van der Waals surface area contributed by atoms with Gasteiger partial charge in [0.05, 0.1) is 11.1 Å². The van der Waals surface area contributed by atoms with Crippen molar-refractivity contribution in [3.8, 4) is 23.2 Å². The first-order valence-corrected chi connectivity index (χ1v) is 8.45. The molecule has 0 bridgehead atoms. The molecule has 8 heteroatoms. The Kier molecular flexibility index (Phi) is 4.75. The molecular weight excluding hydrogens is 358 g/mol. The van der Waals surface area contributed by atoms with E-state index in [1.165, 1.54) is 0 Å². The molecule has 28 heavy (non-hydrogen) atoms. The van der Waals surface area contributed by atoms with Gasteiger partial charge in [0.15, 0.2) is 5.82 Å². The van der Waals surface area contributed by atoms with E-state index in [1.807, 2.05) is 6.07 Å². The maximum atomic E-state index is 12.7. The summed E-state index contributed by atoms with van der Waals surface area (Å²) >= 11 is 0. The van der Waals surface area contributed by atoms with E-state index >= 15 is 0 Å². The fraction of sp³-hybridized carbons (Fsp3) is 0.0500. The summed E-state index contributed by atoms with van der Waals surface area (Å²) in [6, 6.07) is 15.9. The van der Waals surface area contributed by atoms with Gasteiger partial charge in [-0.1, -0.05) is 17.3 Å². The molecule has 0 aliphatic carbocycles. The average molecular weight is 373 g/mol. The Morgan fingerprint density at radius 1 is 1.00 bits per heavy atom. The molecule has 8 nitrogen and oxygen atoms in total. The van der Waals surface area contributed by atoms with Crippen molar-refractivity contribution in [1.82, 2.24) is 20.1 Å². The van der Waals surface area contributed by atoms with Crippen molar-refractivity contribution in [3.05, 3.63) is 78.4 Å². The van der Waals surface area contributed by atoms with Crippen LogP contribution in [-0.2, 0) is 0 Å². The van der Waals surface area contributed by atoms with Gasteiger partial charge in [0.25, 0.3) is 11.8 Å². The molecule has 0 saturated heterocycles. The third-order valence-corrected chi connectivity index (χ3v) is 3.79. The lowest BCUT2D eigenvalue weighted by Gasteiger charge is -2.09. The number of hydrogen-bond acceptors (Lipinski definition) is 7. The summed E-state index contributed by atoms with van der Waals surface area (Å²) in [6.45, 7) is 1.72. The van der Waals surface area contributed by atoms with Gasteiger partial charge >= 0.3 is 6.01 Å². The Morgan fingerprint density at radius 3 is 2.46 bits per heavy atom. The summed E-state index contributed by atoms with van der Waals surface area (Å²) in [4.78, 5) is 24.9. The molecule has 0 aliphatic rings. The highest BCUT2D eigenvalue weighted by Gasteiger charge is 2.17. The molecule has 0 atom stereocenters. The lowest BCUT2D eigenvalue weighted by molar-refractivity contribution is 0.102. The van der Waals surface area contributed by atoms with E-state index in [-0.39, 0.29) is 11.9 Å². The summed E-state index contributed by atoms with van der Waals surface area (Å²) in [5.74, 6) is 1.08. The minimum Gasteiger partial charge on any atom is -0.424 e. The van der Waals surface area contributed by atoms with Crippen LogP contribution in [0, 0.1) is 6.92 Å². The van der Waals surface area contributed by atoms with E-state index in [0.717, 1.165) is 0 Å². The smallest absolute Gasteiger partial charge is 0.321 e. The summed E-state index contributed by atoms with van der Waals surface area (Å²) in [5.41, 5.74) is 1.62. The predicted molar refractivity (Wildman–Crippen MR) is 101 cm³/mol. The number of amides is 1. The molecule has 2 aromatic heterocycles. The molecule has 0 radical (unpaired) electrons. The summed E-state index contributed by atoms with van der Waals surface area (Å²) in [5, 5.41) is 6.63. The number of nitrogens with one attached hydrogen (secondary N) is 1. The van der Waals surface area contributed by atoms with Gasteiger partial charge in [-0.3, -0.25) is 4.79 Å². The zero-order chi connectivity index (χ0) is 19.3. The van der Waals surface area contributed by atoms with E-state index in [2.05, 4.69) is 25.4 Å². The van der Waals surface area contributed by atoms with Gasteiger partial charge in [-0.25, -0.2) is 9.97 Å². The number of carbonyl (C=O) groups is 1. The number of hydrogen-bond donors (Lipinski definition) is 1. The fourth-order valence-electron chi connectivity index (χ4n) is 2.52. The summed E-state index contributed by atoms with van der Waals surface area (Å²) in [6.07, 6.45) is 3.19.